The number of nitrogens with one attached hydrogen (secondary N) is 1. The summed E-state index contributed by atoms with van der Waals surface area (Å²) in [6.07, 6.45) is 19.0. The predicted octanol–water partition coefficient (Wildman–Crippen LogP) is 5.37. The molecular formula is C22H45NO3. The molecule has 0 aliphatic heterocycles. The third-order valence-electron chi connectivity index (χ3n) is 4.96. The summed E-state index contributed by atoms with van der Waals surface area (Å²) in [4.78, 5) is 11.7. The molecule has 0 aliphatic rings. The fourth-order valence-corrected chi connectivity index (χ4v) is 3.21. The second-order valence-electron chi connectivity index (χ2n) is 7.54. The van der Waals surface area contributed by atoms with Gasteiger partial charge in [-0.25, -0.2) is 0 Å². The molecule has 0 saturated heterocycles. The van der Waals surface area contributed by atoms with E-state index < -0.39 is 6.10 Å². The Bertz CT molecular complexity index is 297. The number of aliphatic hydroxyl groups excluding tert-OH is 1. The maximum absolute atomic E-state index is 11.7. The van der Waals surface area contributed by atoms with E-state index in [2.05, 4.69) is 12.2 Å². The van der Waals surface area contributed by atoms with E-state index in [0.29, 0.717) is 19.6 Å². The fourth-order valence-electron chi connectivity index (χ4n) is 3.21. The first-order chi connectivity index (χ1) is 12.7. The van der Waals surface area contributed by atoms with Crippen LogP contribution in [0.1, 0.15) is 110 Å². The number of unbranched alkanes of at least 4 members (excludes halogenated alkanes) is 13. The van der Waals surface area contributed by atoms with Crippen LogP contribution >= 0.6 is 0 Å². The minimum atomic E-state index is -0.852. The average Bonchev–Trinajstić information content (AvgIpc) is 2.65. The van der Waals surface area contributed by atoms with Crippen molar-refractivity contribution < 1.29 is 14.6 Å². The Morgan fingerprint density at radius 1 is 0.808 bits per heavy atom. The normalized spacial score (nSPS) is 12.3. The molecule has 0 bridgehead atoms. The molecule has 156 valence electrons. The van der Waals surface area contributed by atoms with Crippen molar-refractivity contribution in [1.82, 2.24) is 5.32 Å². The van der Waals surface area contributed by atoms with Crippen LogP contribution in [0.15, 0.2) is 0 Å². The second kappa shape index (κ2) is 20.7. The van der Waals surface area contributed by atoms with Crippen molar-refractivity contribution in [2.75, 3.05) is 20.3 Å². The molecule has 1 unspecified atom stereocenters. The number of hydrogen-bond donors (Lipinski definition) is 2. The number of amides is 1. The van der Waals surface area contributed by atoms with E-state index in [-0.39, 0.29) is 5.91 Å². The number of carbonyl (C=O) groups excluding carboxylic acids is 1. The smallest absolute Gasteiger partial charge is 0.248 e. The van der Waals surface area contributed by atoms with Gasteiger partial charge < -0.3 is 15.2 Å². The van der Waals surface area contributed by atoms with E-state index in [1.807, 2.05) is 0 Å². The molecule has 0 rings (SSSR count). The van der Waals surface area contributed by atoms with Gasteiger partial charge in [0.15, 0.2) is 0 Å². The largest absolute Gasteiger partial charge is 0.385 e. The van der Waals surface area contributed by atoms with Crippen LogP contribution in [0.2, 0.25) is 0 Å². The predicted molar refractivity (Wildman–Crippen MR) is 110 cm³/mol. The van der Waals surface area contributed by atoms with Crippen LogP contribution in [0, 0.1) is 0 Å². The van der Waals surface area contributed by atoms with E-state index in [0.717, 1.165) is 19.3 Å². The minimum absolute atomic E-state index is 0.240. The highest BCUT2D eigenvalue weighted by Gasteiger charge is 2.13. The zero-order chi connectivity index (χ0) is 19.3. The maximum Gasteiger partial charge on any atom is 0.248 e. The topological polar surface area (TPSA) is 58.6 Å². The van der Waals surface area contributed by atoms with Crippen LogP contribution in [0.5, 0.6) is 0 Å². The molecule has 0 heterocycles. The molecule has 1 atom stereocenters. The maximum atomic E-state index is 11.7. The number of aliphatic hydroxyl groups is 1. The summed E-state index contributed by atoms with van der Waals surface area (Å²) in [5, 5.41) is 12.6. The summed E-state index contributed by atoms with van der Waals surface area (Å²) in [6, 6.07) is 0. The Balaban J connectivity index is 3.23. The van der Waals surface area contributed by atoms with E-state index in [1.165, 1.54) is 77.0 Å². The van der Waals surface area contributed by atoms with Gasteiger partial charge in [-0.15, -0.1) is 0 Å². The quantitative estimate of drug-likeness (QED) is 0.283. The first-order valence-corrected chi connectivity index (χ1v) is 11.2. The van der Waals surface area contributed by atoms with Crippen molar-refractivity contribution in [3.63, 3.8) is 0 Å². The Labute approximate surface area is 162 Å². The average molecular weight is 372 g/mol. The number of hydrogen-bond acceptors (Lipinski definition) is 3. The second-order valence-corrected chi connectivity index (χ2v) is 7.54. The first-order valence-electron chi connectivity index (χ1n) is 11.2. The van der Waals surface area contributed by atoms with Gasteiger partial charge in [0.2, 0.25) is 5.91 Å². The molecule has 1 amide bonds. The molecule has 0 fully saturated rings. The highest BCUT2D eigenvalue weighted by Crippen LogP contribution is 2.13. The van der Waals surface area contributed by atoms with Crippen LogP contribution in [0.4, 0.5) is 0 Å². The Morgan fingerprint density at radius 2 is 1.27 bits per heavy atom. The molecule has 4 nitrogen and oxygen atoms in total. The van der Waals surface area contributed by atoms with Crippen LogP contribution in [0.25, 0.3) is 0 Å². The lowest BCUT2D eigenvalue weighted by atomic mass is 10.0. The fraction of sp³-hybridized carbons (Fsp3) is 0.955. The number of carbonyl (C=O) groups is 1. The highest BCUT2D eigenvalue weighted by molar-refractivity contribution is 5.80. The van der Waals surface area contributed by atoms with Gasteiger partial charge in [-0.05, 0) is 12.8 Å². The van der Waals surface area contributed by atoms with Crippen molar-refractivity contribution in [3.8, 4) is 0 Å². The SMILES string of the molecule is CCCCCCCCCCCCCCCCC(O)C(=O)NCCCOC. The molecule has 0 spiro atoms. The zero-order valence-electron chi connectivity index (χ0n) is 17.6. The lowest BCUT2D eigenvalue weighted by Crippen LogP contribution is -2.35. The van der Waals surface area contributed by atoms with Crippen LogP contribution in [0.3, 0.4) is 0 Å². The Kier molecular flexibility index (Phi) is 20.2. The zero-order valence-corrected chi connectivity index (χ0v) is 17.6. The summed E-state index contributed by atoms with van der Waals surface area (Å²) in [5.41, 5.74) is 0. The van der Waals surface area contributed by atoms with Crippen molar-refractivity contribution in [1.29, 1.82) is 0 Å². The van der Waals surface area contributed by atoms with Crippen LogP contribution < -0.4 is 5.32 Å². The van der Waals surface area contributed by atoms with Crippen molar-refractivity contribution >= 4 is 5.91 Å². The van der Waals surface area contributed by atoms with E-state index in [4.69, 9.17) is 4.74 Å². The lowest BCUT2D eigenvalue weighted by molar-refractivity contribution is -0.129. The molecule has 0 radical (unpaired) electrons. The summed E-state index contributed by atoms with van der Waals surface area (Å²) in [5.74, 6) is -0.240. The number of methoxy groups -OCH3 is 1. The van der Waals surface area contributed by atoms with E-state index in [1.54, 1.807) is 7.11 Å². The molecule has 2 N–H and O–H groups in total. The lowest BCUT2D eigenvalue weighted by Gasteiger charge is -2.11. The van der Waals surface area contributed by atoms with Gasteiger partial charge in [0.25, 0.3) is 0 Å². The van der Waals surface area contributed by atoms with E-state index >= 15 is 0 Å². The number of rotatable bonds is 20. The van der Waals surface area contributed by atoms with E-state index in [9.17, 15) is 9.90 Å². The molecule has 0 saturated carbocycles. The Hall–Kier alpha value is -0.610. The van der Waals surface area contributed by atoms with Crippen molar-refractivity contribution in [2.45, 2.75) is 116 Å². The van der Waals surface area contributed by atoms with Crippen LogP contribution in [-0.2, 0) is 9.53 Å². The van der Waals surface area contributed by atoms with Gasteiger partial charge >= 0.3 is 0 Å². The summed E-state index contributed by atoms with van der Waals surface area (Å²) in [6.45, 7) is 3.47. The van der Waals surface area contributed by atoms with Gasteiger partial charge in [-0.1, -0.05) is 96.8 Å². The third kappa shape index (κ3) is 18.2. The van der Waals surface area contributed by atoms with Gasteiger partial charge in [0.1, 0.15) is 6.10 Å². The molecule has 0 aromatic heterocycles. The molecule has 4 heteroatoms. The monoisotopic (exact) mass is 371 g/mol. The summed E-state index contributed by atoms with van der Waals surface area (Å²) >= 11 is 0. The van der Waals surface area contributed by atoms with Gasteiger partial charge in [0.05, 0.1) is 0 Å². The van der Waals surface area contributed by atoms with Crippen molar-refractivity contribution in [3.05, 3.63) is 0 Å². The Morgan fingerprint density at radius 3 is 1.73 bits per heavy atom. The van der Waals surface area contributed by atoms with Crippen molar-refractivity contribution in [2.24, 2.45) is 0 Å². The van der Waals surface area contributed by atoms with Crippen LogP contribution in [-0.4, -0.2) is 37.4 Å². The molecule has 0 aliphatic carbocycles. The summed E-state index contributed by atoms with van der Waals surface area (Å²) in [7, 11) is 1.65. The third-order valence-corrected chi connectivity index (χ3v) is 4.96. The number of ether oxygens (including phenoxy) is 1. The highest BCUT2D eigenvalue weighted by atomic mass is 16.5. The van der Waals surface area contributed by atoms with Gasteiger partial charge in [-0.2, -0.15) is 0 Å². The minimum Gasteiger partial charge on any atom is -0.385 e. The molecule has 0 aromatic rings. The first kappa shape index (κ1) is 25.4. The molecule has 26 heavy (non-hydrogen) atoms. The molecular weight excluding hydrogens is 326 g/mol. The summed E-state index contributed by atoms with van der Waals surface area (Å²) < 4.78 is 4.93. The molecule has 0 aromatic carbocycles. The van der Waals surface area contributed by atoms with Gasteiger partial charge in [-0.3, -0.25) is 4.79 Å². The van der Waals surface area contributed by atoms with Gasteiger partial charge in [0, 0.05) is 20.3 Å². The standard InChI is InChI=1S/C22H45NO3/c1-3-4-5-6-7-8-9-10-11-12-13-14-15-16-18-21(24)22(25)23-19-17-20-26-2/h21,24H,3-20H2,1-2H3,(H,23,25).